The van der Waals surface area contributed by atoms with Crippen LogP contribution in [0.5, 0.6) is 0 Å². The molecule has 0 aliphatic carbocycles. The van der Waals surface area contributed by atoms with Crippen LogP contribution in [0.4, 0.5) is 11.4 Å². The number of benzene rings is 7. The topological polar surface area (TPSA) is 30.1 Å². The van der Waals surface area contributed by atoms with E-state index in [1.54, 1.807) is 0 Å². The number of rotatable bonds is 3. The zero-order chi connectivity index (χ0) is 35.5. The van der Waals surface area contributed by atoms with Gasteiger partial charge < -0.3 is 14.3 Å². The Morgan fingerprint density at radius 1 is 0.596 bits per heavy atom. The molecule has 4 heteroatoms. The van der Waals surface area contributed by atoms with Gasteiger partial charge in [-0.25, -0.2) is 0 Å². The third-order valence-electron chi connectivity index (χ3n) is 11.3. The standard InChI is InChI=1S/C48H41BN2O/c1-47(2,3)29-16-19-31(20-17-29)50-37-23-15-28-11-7-8-12-32(28)42(37)34-21-22-35-43-39(25-26-41-44(43)33-13-9-10-14-40(33)52-41)51-38-24-18-30(48(4,5)6)27-36(38)49-45(34)46(35)51/h7-27,49-50H,1-6H3. The van der Waals surface area contributed by atoms with Gasteiger partial charge in [0, 0.05) is 49.7 Å². The Morgan fingerprint density at radius 3 is 2.12 bits per heavy atom. The van der Waals surface area contributed by atoms with Crippen molar-refractivity contribution < 1.29 is 4.42 Å². The summed E-state index contributed by atoms with van der Waals surface area (Å²) in [6.07, 6.45) is 0. The van der Waals surface area contributed by atoms with Gasteiger partial charge in [-0.15, -0.1) is 0 Å². The van der Waals surface area contributed by atoms with E-state index in [0.717, 1.165) is 35.2 Å². The largest absolute Gasteiger partial charge is 0.456 e. The Labute approximate surface area is 305 Å². The normalized spacial score (nSPS) is 13.0. The quantitative estimate of drug-likeness (QED) is 0.189. The minimum atomic E-state index is 0.0417. The lowest BCUT2D eigenvalue weighted by atomic mass is 9.58. The van der Waals surface area contributed by atoms with E-state index >= 15 is 0 Å². The number of nitrogens with zero attached hydrogens (tertiary/aromatic N) is 1. The number of aromatic nitrogens is 1. The fraction of sp³-hybridized carbons (Fsp3) is 0.167. The number of para-hydroxylation sites is 1. The summed E-state index contributed by atoms with van der Waals surface area (Å²) < 4.78 is 8.98. The minimum Gasteiger partial charge on any atom is -0.456 e. The van der Waals surface area contributed by atoms with Gasteiger partial charge in [0.05, 0.1) is 5.52 Å². The first-order chi connectivity index (χ1) is 25.0. The Kier molecular flexibility index (Phi) is 6.50. The Bertz CT molecular complexity index is 2910. The highest BCUT2D eigenvalue weighted by molar-refractivity contribution is 6.73. The molecule has 1 aliphatic rings. The van der Waals surface area contributed by atoms with Gasteiger partial charge in [-0.2, -0.15) is 0 Å². The molecular weight excluding hydrogens is 631 g/mol. The highest BCUT2D eigenvalue weighted by Crippen LogP contribution is 2.44. The SMILES string of the molecule is CC(C)(C)c1ccc(Nc2ccc3ccccc3c2-c2ccc3c4c5c(ccc4n4c3c2Bc2cc(C(C)(C)C)ccc2-4)oc2ccccc25)cc1. The molecule has 0 unspecified atom stereocenters. The zero-order valence-corrected chi connectivity index (χ0v) is 30.7. The van der Waals surface area contributed by atoms with E-state index in [9.17, 15) is 0 Å². The van der Waals surface area contributed by atoms with Crippen molar-refractivity contribution in [3.05, 3.63) is 139 Å². The van der Waals surface area contributed by atoms with Crippen molar-refractivity contribution in [1.29, 1.82) is 0 Å². The lowest BCUT2D eigenvalue weighted by Gasteiger charge is -2.27. The molecule has 2 aromatic heterocycles. The number of fused-ring (bicyclic) bond motifs is 10. The Hall–Kier alpha value is -5.74. The van der Waals surface area contributed by atoms with E-state index in [2.05, 4.69) is 179 Å². The summed E-state index contributed by atoms with van der Waals surface area (Å²) in [7, 11) is 0.848. The van der Waals surface area contributed by atoms with E-state index in [1.165, 1.54) is 76.8 Å². The van der Waals surface area contributed by atoms with Gasteiger partial charge in [-0.1, -0.05) is 132 Å². The number of hydrogen-bond acceptors (Lipinski definition) is 2. The summed E-state index contributed by atoms with van der Waals surface area (Å²) >= 11 is 0. The number of anilines is 2. The molecule has 0 bridgehead atoms. The highest BCUT2D eigenvalue weighted by Gasteiger charge is 2.30. The van der Waals surface area contributed by atoms with Crippen LogP contribution in [-0.2, 0) is 10.8 Å². The summed E-state index contributed by atoms with van der Waals surface area (Å²) in [5.41, 5.74) is 15.9. The van der Waals surface area contributed by atoms with E-state index in [1.807, 2.05) is 0 Å². The first-order valence-corrected chi connectivity index (χ1v) is 18.5. The molecule has 7 aromatic carbocycles. The van der Waals surface area contributed by atoms with Crippen LogP contribution >= 0.6 is 0 Å². The molecule has 9 aromatic rings. The first-order valence-electron chi connectivity index (χ1n) is 18.5. The van der Waals surface area contributed by atoms with Crippen molar-refractivity contribution in [3.8, 4) is 16.8 Å². The molecule has 1 aliphatic heterocycles. The van der Waals surface area contributed by atoms with E-state index in [-0.39, 0.29) is 10.8 Å². The van der Waals surface area contributed by atoms with Crippen molar-refractivity contribution in [2.75, 3.05) is 5.32 Å². The number of hydrogen-bond donors (Lipinski definition) is 1. The number of nitrogens with one attached hydrogen (secondary N) is 1. The molecule has 52 heavy (non-hydrogen) atoms. The number of furan rings is 1. The molecule has 0 radical (unpaired) electrons. The predicted molar refractivity (Wildman–Crippen MR) is 225 cm³/mol. The molecule has 0 spiro atoms. The molecule has 0 saturated carbocycles. The molecule has 3 heterocycles. The van der Waals surface area contributed by atoms with Gasteiger partial charge in [-0.05, 0) is 86.2 Å². The maximum Gasteiger partial charge on any atom is 0.198 e. The lowest BCUT2D eigenvalue weighted by molar-refractivity contribution is 0.590. The molecule has 10 rings (SSSR count). The Balaban J connectivity index is 1.29. The molecule has 0 fully saturated rings. The van der Waals surface area contributed by atoms with Crippen LogP contribution in [0.1, 0.15) is 52.7 Å². The van der Waals surface area contributed by atoms with Crippen molar-refractivity contribution in [2.24, 2.45) is 0 Å². The molecule has 0 atom stereocenters. The van der Waals surface area contributed by atoms with E-state index < -0.39 is 0 Å². The maximum atomic E-state index is 6.44. The van der Waals surface area contributed by atoms with Gasteiger partial charge >= 0.3 is 0 Å². The molecule has 252 valence electrons. The van der Waals surface area contributed by atoms with Crippen LogP contribution in [0.2, 0.25) is 0 Å². The van der Waals surface area contributed by atoms with Gasteiger partial charge in [-0.3, -0.25) is 0 Å². The average Bonchev–Trinajstić information content (AvgIpc) is 3.68. The van der Waals surface area contributed by atoms with Gasteiger partial charge in [0.2, 0.25) is 0 Å². The van der Waals surface area contributed by atoms with Gasteiger partial charge in [0.15, 0.2) is 7.28 Å². The second-order valence-corrected chi connectivity index (χ2v) is 16.7. The summed E-state index contributed by atoms with van der Waals surface area (Å²) in [6.45, 7) is 13.7. The third kappa shape index (κ3) is 4.60. The molecular formula is C48H41BN2O. The molecule has 0 saturated heterocycles. The zero-order valence-electron chi connectivity index (χ0n) is 30.7. The van der Waals surface area contributed by atoms with Crippen molar-refractivity contribution in [1.82, 2.24) is 4.57 Å². The molecule has 3 nitrogen and oxygen atoms in total. The van der Waals surface area contributed by atoms with Gasteiger partial charge in [0.1, 0.15) is 11.2 Å². The molecule has 0 amide bonds. The fourth-order valence-electron chi connectivity index (χ4n) is 8.62. The van der Waals surface area contributed by atoms with E-state index in [4.69, 9.17) is 4.42 Å². The van der Waals surface area contributed by atoms with Crippen molar-refractivity contribution in [3.63, 3.8) is 0 Å². The van der Waals surface area contributed by atoms with Gasteiger partial charge in [0.25, 0.3) is 0 Å². The maximum absolute atomic E-state index is 6.44. The summed E-state index contributed by atoms with van der Waals surface area (Å²) in [4.78, 5) is 0. The van der Waals surface area contributed by atoms with Crippen molar-refractivity contribution >= 4 is 84.1 Å². The highest BCUT2D eigenvalue weighted by atomic mass is 16.3. The fourth-order valence-corrected chi connectivity index (χ4v) is 8.62. The Morgan fingerprint density at radius 2 is 1.33 bits per heavy atom. The summed E-state index contributed by atoms with van der Waals surface area (Å²) in [5, 5.41) is 11.2. The summed E-state index contributed by atoms with van der Waals surface area (Å²) in [6, 6.07) is 47.0. The summed E-state index contributed by atoms with van der Waals surface area (Å²) in [5.74, 6) is 0. The van der Waals surface area contributed by atoms with Crippen molar-refractivity contribution in [2.45, 2.75) is 52.4 Å². The second-order valence-electron chi connectivity index (χ2n) is 16.7. The minimum absolute atomic E-state index is 0.0417. The lowest BCUT2D eigenvalue weighted by Crippen LogP contribution is -2.38. The third-order valence-corrected chi connectivity index (χ3v) is 11.3. The van der Waals surface area contributed by atoms with Crippen LogP contribution in [-0.4, -0.2) is 11.8 Å². The first kappa shape index (κ1) is 31.0. The van der Waals surface area contributed by atoms with Crippen LogP contribution < -0.4 is 16.2 Å². The van der Waals surface area contributed by atoms with Crippen LogP contribution in [0, 0.1) is 0 Å². The monoisotopic (exact) mass is 672 g/mol. The van der Waals surface area contributed by atoms with Crippen LogP contribution in [0.3, 0.4) is 0 Å². The molecule has 1 N–H and O–H groups in total. The van der Waals surface area contributed by atoms with Crippen LogP contribution in [0.15, 0.2) is 132 Å². The average molecular weight is 673 g/mol. The van der Waals surface area contributed by atoms with E-state index in [0.29, 0.717) is 0 Å². The second kappa shape index (κ2) is 10.9. The predicted octanol–water partition coefficient (Wildman–Crippen LogP) is 11.5. The van der Waals surface area contributed by atoms with Crippen LogP contribution in [0.25, 0.3) is 71.3 Å². The smallest absolute Gasteiger partial charge is 0.198 e.